The lowest BCUT2D eigenvalue weighted by atomic mass is 9.95. The second-order valence-corrected chi connectivity index (χ2v) is 7.70. The average molecular weight is 378 g/mol. The minimum Gasteiger partial charge on any atom is -0.338 e. The highest BCUT2D eigenvalue weighted by Gasteiger charge is 2.29. The van der Waals surface area contributed by atoms with Crippen molar-refractivity contribution in [3.8, 4) is 0 Å². The summed E-state index contributed by atoms with van der Waals surface area (Å²) in [7, 11) is 1.66. The average Bonchev–Trinajstić information content (AvgIpc) is 3.34. The lowest BCUT2D eigenvalue weighted by Crippen LogP contribution is -2.41. The first-order valence-electron chi connectivity index (χ1n) is 9.81. The summed E-state index contributed by atoms with van der Waals surface area (Å²) in [6.07, 6.45) is 6.47. The van der Waals surface area contributed by atoms with Gasteiger partial charge in [-0.25, -0.2) is 0 Å². The van der Waals surface area contributed by atoms with Crippen LogP contribution in [0.1, 0.15) is 52.6 Å². The van der Waals surface area contributed by atoms with E-state index in [-0.39, 0.29) is 22.9 Å². The molecule has 1 fully saturated rings. The summed E-state index contributed by atoms with van der Waals surface area (Å²) in [4.78, 5) is 26.8. The molecular weight excluding hydrogens is 356 g/mol. The van der Waals surface area contributed by atoms with Crippen molar-refractivity contribution >= 4 is 11.6 Å². The maximum atomic E-state index is 12.8. The van der Waals surface area contributed by atoms with Crippen LogP contribution in [0.25, 0.3) is 5.65 Å². The predicted molar refractivity (Wildman–Crippen MR) is 102 cm³/mol. The zero-order valence-corrected chi connectivity index (χ0v) is 15.8. The smallest absolute Gasteiger partial charge is 0.263 e. The minimum atomic E-state index is -0.254. The van der Waals surface area contributed by atoms with E-state index in [0.717, 1.165) is 49.3 Å². The largest absolute Gasteiger partial charge is 0.338 e. The van der Waals surface area contributed by atoms with Gasteiger partial charge < -0.3 is 9.47 Å². The van der Waals surface area contributed by atoms with Crippen LogP contribution in [0.15, 0.2) is 29.2 Å². The highest BCUT2D eigenvalue weighted by atomic mass is 16.2. The molecule has 5 rings (SSSR count). The lowest BCUT2D eigenvalue weighted by Gasteiger charge is -2.31. The molecule has 3 aromatic rings. The zero-order valence-electron chi connectivity index (χ0n) is 15.8. The summed E-state index contributed by atoms with van der Waals surface area (Å²) < 4.78 is 3.33. The van der Waals surface area contributed by atoms with Crippen LogP contribution in [-0.2, 0) is 19.9 Å². The highest BCUT2D eigenvalue weighted by molar-refractivity contribution is 5.93. The van der Waals surface area contributed by atoms with Crippen molar-refractivity contribution in [2.75, 3.05) is 13.1 Å². The molecule has 1 amide bonds. The second kappa shape index (κ2) is 6.54. The lowest BCUT2D eigenvalue weighted by molar-refractivity contribution is 0.0708. The van der Waals surface area contributed by atoms with Crippen LogP contribution in [0.3, 0.4) is 0 Å². The van der Waals surface area contributed by atoms with E-state index in [1.54, 1.807) is 30.3 Å². The first-order chi connectivity index (χ1) is 13.6. The molecule has 0 unspecified atom stereocenters. The molecule has 28 heavy (non-hydrogen) atoms. The summed E-state index contributed by atoms with van der Waals surface area (Å²) in [5, 5.41) is 13.5. The summed E-state index contributed by atoms with van der Waals surface area (Å²) in [6, 6.07) is 5.44. The molecule has 1 aliphatic heterocycles. The normalized spacial score (nSPS) is 17.2. The molecule has 0 aromatic carbocycles. The summed E-state index contributed by atoms with van der Waals surface area (Å²) in [5.41, 5.74) is 3.23. The maximum absolute atomic E-state index is 12.8. The zero-order chi connectivity index (χ0) is 19.3. The van der Waals surface area contributed by atoms with Crippen molar-refractivity contribution in [1.82, 2.24) is 29.3 Å². The summed E-state index contributed by atoms with van der Waals surface area (Å²) in [6.45, 7) is 1.20. The molecule has 0 spiro atoms. The van der Waals surface area contributed by atoms with Gasteiger partial charge in [-0.2, -0.15) is 9.61 Å². The molecule has 4 heterocycles. The fourth-order valence-corrected chi connectivity index (χ4v) is 4.32. The van der Waals surface area contributed by atoms with Crippen molar-refractivity contribution < 1.29 is 4.79 Å². The molecular formula is C20H22N6O2. The minimum absolute atomic E-state index is 0.193. The topological polar surface area (TPSA) is 85.4 Å². The Morgan fingerprint density at radius 2 is 2.00 bits per heavy atom. The fraction of sp³-hybridized carbons (Fsp3) is 0.450. The number of fused-ring (bicyclic) bond motifs is 2. The molecule has 0 radical (unpaired) electrons. The number of piperidine rings is 1. The molecule has 0 saturated carbocycles. The van der Waals surface area contributed by atoms with Gasteiger partial charge in [0.2, 0.25) is 0 Å². The number of nitrogens with zero attached hydrogens (tertiary/aromatic N) is 6. The third-order valence-electron chi connectivity index (χ3n) is 5.94. The van der Waals surface area contributed by atoms with Gasteiger partial charge in [0.05, 0.1) is 5.69 Å². The SMILES string of the molecule is Cn1cccc(C(=O)N2CCC(c3nnc4cc5c(nn34)CCC5)CC2)c1=O. The van der Waals surface area contributed by atoms with E-state index < -0.39 is 0 Å². The quantitative estimate of drug-likeness (QED) is 0.672. The fourth-order valence-electron chi connectivity index (χ4n) is 4.32. The number of carbonyl (C=O) groups excluding carboxylic acids is 1. The number of hydrogen-bond acceptors (Lipinski definition) is 5. The molecule has 1 aliphatic carbocycles. The standard InChI is InChI=1S/C20H22N6O2/c1-24-9-3-5-15(19(24)27)20(28)25-10-7-13(8-11-25)18-22-21-17-12-14-4-2-6-16(14)23-26(17)18/h3,5,9,12-13H,2,4,6-8,10-11H2,1H3. The van der Waals surface area contributed by atoms with E-state index in [4.69, 9.17) is 5.10 Å². The van der Waals surface area contributed by atoms with Gasteiger partial charge in [-0.15, -0.1) is 10.2 Å². The van der Waals surface area contributed by atoms with Crippen molar-refractivity contribution in [3.05, 3.63) is 57.4 Å². The van der Waals surface area contributed by atoms with E-state index in [1.165, 1.54) is 10.1 Å². The molecule has 0 N–H and O–H groups in total. The van der Waals surface area contributed by atoms with Crippen LogP contribution in [0.5, 0.6) is 0 Å². The van der Waals surface area contributed by atoms with Crippen LogP contribution < -0.4 is 5.56 Å². The van der Waals surface area contributed by atoms with Gasteiger partial charge in [-0.3, -0.25) is 9.59 Å². The monoisotopic (exact) mass is 378 g/mol. The van der Waals surface area contributed by atoms with Crippen LogP contribution in [-0.4, -0.2) is 48.3 Å². The van der Waals surface area contributed by atoms with Gasteiger partial charge in [-0.05, 0) is 55.9 Å². The molecule has 8 heteroatoms. The van der Waals surface area contributed by atoms with E-state index >= 15 is 0 Å². The predicted octanol–water partition coefficient (Wildman–Crippen LogP) is 1.33. The van der Waals surface area contributed by atoms with Gasteiger partial charge >= 0.3 is 0 Å². The van der Waals surface area contributed by atoms with Gasteiger partial charge in [0, 0.05) is 32.3 Å². The second-order valence-electron chi connectivity index (χ2n) is 7.70. The van der Waals surface area contributed by atoms with Gasteiger partial charge in [0.25, 0.3) is 11.5 Å². The Labute approximate surface area is 161 Å². The molecule has 0 atom stereocenters. The summed E-state index contributed by atoms with van der Waals surface area (Å²) in [5.74, 6) is 0.902. The van der Waals surface area contributed by atoms with E-state index in [2.05, 4.69) is 16.3 Å². The Hall–Kier alpha value is -3.03. The molecule has 2 aliphatic rings. The first-order valence-corrected chi connectivity index (χ1v) is 9.81. The maximum Gasteiger partial charge on any atom is 0.263 e. The Morgan fingerprint density at radius 3 is 2.82 bits per heavy atom. The van der Waals surface area contributed by atoms with Crippen molar-refractivity contribution in [2.45, 2.75) is 38.0 Å². The van der Waals surface area contributed by atoms with Gasteiger partial charge in [0.15, 0.2) is 11.5 Å². The van der Waals surface area contributed by atoms with Gasteiger partial charge in [-0.1, -0.05) is 0 Å². The number of pyridine rings is 1. The van der Waals surface area contributed by atoms with Crippen LogP contribution >= 0.6 is 0 Å². The summed E-state index contributed by atoms with van der Waals surface area (Å²) >= 11 is 0. The van der Waals surface area contributed by atoms with Crippen LogP contribution in [0.2, 0.25) is 0 Å². The molecule has 144 valence electrons. The number of rotatable bonds is 2. The third kappa shape index (κ3) is 2.71. The van der Waals surface area contributed by atoms with Crippen molar-refractivity contribution in [2.24, 2.45) is 7.05 Å². The Balaban J connectivity index is 1.35. The molecule has 8 nitrogen and oxygen atoms in total. The van der Waals surface area contributed by atoms with E-state index in [9.17, 15) is 9.59 Å². The highest BCUT2D eigenvalue weighted by Crippen LogP contribution is 2.28. The van der Waals surface area contributed by atoms with Crippen molar-refractivity contribution in [3.63, 3.8) is 0 Å². The third-order valence-corrected chi connectivity index (χ3v) is 5.94. The molecule has 3 aromatic heterocycles. The van der Waals surface area contributed by atoms with E-state index in [1.807, 2.05) is 4.52 Å². The number of hydrogen-bond donors (Lipinski definition) is 0. The number of likely N-dealkylation sites (tertiary alicyclic amines) is 1. The molecule has 0 bridgehead atoms. The number of aromatic nitrogens is 5. The van der Waals surface area contributed by atoms with E-state index in [0.29, 0.717) is 13.1 Å². The molecule has 1 saturated heterocycles. The number of aryl methyl sites for hydroxylation is 3. The Morgan fingerprint density at radius 1 is 1.18 bits per heavy atom. The Bertz CT molecular complexity index is 1120. The van der Waals surface area contributed by atoms with Gasteiger partial charge in [0.1, 0.15) is 5.56 Å². The van der Waals surface area contributed by atoms with Crippen LogP contribution in [0, 0.1) is 0 Å². The first kappa shape index (κ1) is 17.1. The number of amides is 1. The van der Waals surface area contributed by atoms with Crippen LogP contribution in [0.4, 0.5) is 0 Å². The number of carbonyl (C=O) groups is 1. The Kier molecular flexibility index (Phi) is 3.99. The van der Waals surface area contributed by atoms with Crippen molar-refractivity contribution in [1.29, 1.82) is 0 Å².